The van der Waals surface area contributed by atoms with Crippen molar-refractivity contribution in [1.29, 1.82) is 0 Å². The van der Waals surface area contributed by atoms with Gasteiger partial charge < -0.3 is 20.7 Å². The van der Waals surface area contributed by atoms with E-state index in [2.05, 4.69) is 21.0 Å². The fourth-order valence-corrected chi connectivity index (χ4v) is 2.59. The van der Waals surface area contributed by atoms with Crippen molar-refractivity contribution in [2.75, 3.05) is 23.8 Å². The Balaban J connectivity index is 1.48. The second-order valence-electron chi connectivity index (χ2n) is 5.96. The number of nitrogens with one attached hydrogen (secondary N) is 3. The van der Waals surface area contributed by atoms with Gasteiger partial charge in [0, 0.05) is 30.7 Å². The summed E-state index contributed by atoms with van der Waals surface area (Å²) in [6.07, 6.45) is 3.03. The highest BCUT2D eigenvalue weighted by atomic mass is 19.3. The molecule has 27 heavy (non-hydrogen) atoms. The van der Waals surface area contributed by atoms with Crippen molar-refractivity contribution < 1.29 is 23.1 Å². The van der Waals surface area contributed by atoms with E-state index >= 15 is 0 Å². The zero-order valence-corrected chi connectivity index (χ0v) is 14.3. The number of alkyl halides is 2. The van der Waals surface area contributed by atoms with Gasteiger partial charge in [-0.15, -0.1) is 0 Å². The van der Waals surface area contributed by atoms with Gasteiger partial charge >= 0.3 is 12.6 Å². The monoisotopic (exact) mass is 379 g/mol. The SMILES string of the molecule is O=C(NCC1CCCO1)Nc1ccc(NC(=O)c2ccn(C(F)F)n2)cc1. The van der Waals surface area contributed by atoms with Crippen LogP contribution in [0, 0.1) is 0 Å². The van der Waals surface area contributed by atoms with E-state index in [-0.39, 0.29) is 17.8 Å². The van der Waals surface area contributed by atoms with Crippen molar-refractivity contribution in [1.82, 2.24) is 15.1 Å². The Morgan fingerprint density at radius 2 is 1.89 bits per heavy atom. The zero-order valence-electron chi connectivity index (χ0n) is 14.3. The highest BCUT2D eigenvalue weighted by Crippen LogP contribution is 2.15. The summed E-state index contributed by atoms with van der Waals surface area (Å²) in [6, 6.07) is 7.24. The smallest absolute Gasteiger partial charge is 0.333 e. The first kappa shape index (κ1) is 18.8. The van der Waals surface area contributed by atoms with Gasteiger partial charge in [-0.1, -0.05) is 0 Å². The minimum atomic E-state index is -2.80. The van der Waals surface area contributed by atoms with Crippen LogP contribution in [0.2, 0.25) is 0 Å². The lowest BCUT2D eigenvalue weighted by atomic mass is 10.2. The summed E-state index contributed by atoms with van der Waals surface area (Å²) in [6.45, 7) is -1.63. The number of benzene rings is 1. The van der Waals surface area contributed by atoms with E-state index in [1.807, 2.05) is 0 Å². The number of amides is 3. The molecule has 0 saturated carbocycles. The molecule has 10 heteroatoms. The average Bonchev–Trinajstić information content (AvgIpc) is 3.33. The summed E-state index contributed by atoms with van der Waals surface area (Å²) >= 11 is 0. The molecule has 3 amide bonds. The van der Waals surface area contributed by atoms with E-state index in [1.54, 1.807) is 24.3 Å². The maximum Gasteiger partial charge on any atom is 0.333 e. The molecule has 1 aromatic carbocycles. The number of ether oxygens (including phenoxy) is 1. The van der Waals surface area contributed by atoms with Gasteiger partial charge in [0.1, 0.15) is 0 Å². The van der Waals surface area contributed by atoms with Crippen LogP contribution < -0.4 is 16.0 Å². The molecule has 1 atom stereocenters. The Morgan fingerprint density at radius 3 is 2.48 bits per heavy atom. The van der Waals surface area contributed by atoms with Gasteiger partial charge in [-0.25, -0.2) is 9.48 Å². The second kappa shape index (κ2) is 8.58. The molecule has 2 heterocycles. The number of carbonyl (C=O) groups is 2. The maximum atomic E-state index is 12.5. The van der Waals surface area contributed by atoms with Gasteiger partial charge in [0.2, 0.25) is 0 Å². The van der Waals surface area contributed by atoms with Crippen molar-refractivity contribution in [3.05, 3.63) is 42.2 Å². The van der Waals surface area contributed by atoms with E-state index in [0.717, 1.165) is 25.6 Å². The van der Waals surface area contributed by atoms with E-state index in [1.165, 1.54) is 6.07 Å². The number of anilines is 2. The van der Waals surface area contributed by atoms with Crippen molar-refractivity contribution >= 4 is 23.3 Å². The molecule has 1 fully saturated rings. The van der Waals surface area contributed by atoms with Crippen molar-refractivity contribution in [2.24, 2.45) is 0 Å². The maximum absolute atomic E-state index is 12.5. The van der Waals surface area contributed by atoms with Crippen LogP contribution in [0.4, 0.5) is 25.0 Å². The standard InChI is InChI=1S/C17H19F2N5O3/c18-16(19)24-8-7-14(23-24)15(25)21-11-3-5-12(6-4-11)22-17(26)20-10-13-2-1-9-27-13/h3-8,13,16H,1-2,9-10H2,(H,21,25)(H2,20,22,26). The molecule has 1 unspecified atom stereocenters. The van der Waals surface area contributed by atoms with Crippen molar-refractivity contribution in [3.8, 4) is 0 Å². The summed E-state index contributed by atoms with van der Waals surface area (Å²) in [7, 11) is 0. The predicted molar refractivity (Wildman–Crippen MR) is 93.9 cm³/mol. The number of carbonyl (C=O) groups excluding carboxylic acids is 2. The molecular weight excluding hydrogens is 360 g/mol. The van der Waals surface area contributed by atoms with Gasteiger partial charge in [-0.3, -0.25) is 4.79 Å². The van der Waals surface area contributed by atoms with Crippen LogP contribution in [0.1, 0.15) is 29.9 Å². The predicted octanol–water partition coefficient (Wildman–Crippen LogP) is 2.83. The highest BCUT2D eigenvalue weighted by Gasteiger charge is 2.16. The molecule has 8 nitrogen and oxygen atoms in total. The fraction of sp³-hybridized carbons (Fsp3) is 0.353. The first-order valence-corrected chi connectivity index (χ1v) is 8.42. The number of aromatic nitrogens is 2. The van der Waals surface area contributed by atoms with Crippen LogP contribution in [0.3, 0.4) is 0 Å². The molecule has 1 aliphatic rings. The minimum absolute atomic E-state index is 0.0573. The first-order valence-electron chi connectivity index (χ1n) is 8.42. The van der Waals surface area contributed by atoms with Crippen LogP contribution in [-0.2, 0) is 4.74 Å². The van der Waals surface area contributed by atoms with Crippen LogP contribution in [0.5, 0.6) is 0 Å². The van der Waals surface area contributed by atoms with Crippen LogP contribution in [0.15, 0.2) is 36.5 Å². The Morgan fingerprint density at radius 1 is 1.19 bits per heavy atom. The molecule has 1 aliphatic heterocycles. The molecule has 3 rings (SSSR count). The summed E-state index contributed by atoms with van der Waals surface area (Å²) in [4.78, 5) is 23.9. The lowest BCUT2D eigenvalue weighted by Gasteiger charge is -2.12. The zero-order chi connectivity index (χ0) is 19.2. The molecule has 1 saturated heterocycles. The van der Waals surface area contributed by atoms with Gasteiger partial charge in [0.25, 0.3) is 5.91 Å². The third-order valence-electron chi connectivity index (χ3n) is 3.96. The molecule has 144 valence electrons. The Labute approximate surface area is 153 Å². The third-order valence-corrected chi connectivity index (χ3v) is 3.96. The average molecular weight is 379 g/mol. The normalized spacial score (nSPS) is 16.3. The minimum Gasteiger partial charge on any atom is -0.376 e. The lowest BCUT2D eigenvalue weighted by Crippen LogP contribution is -2.35. The van der Waals surface area contributed by atoms with Crippen LogP contribution in [-0.4, -0.2) is 41.0 Å². The number of hydrogen-bond donors (Lipinski definition) is 3. The first-order chi connectivity index (χ1) is 13.0. The third kappa shape index (κ3) is 5.23. The largest absolute Gasteiger partial charge is 0.376 e. The van der Waals surface area contributed by atoms with Crippen molar-refractivity contribution in [3.63, 3.8) is 0 Å². The molecule has 0 bridgehead atoms. The van der Waals surface area contributed by atoms with Crippen LogP contribution >= 0.6 is 0 Å². The van der Waals surface area contributed by atoms with Gasteiger partial charge in [0.05, 0.1) is 6.10 Å². The summed E-state index contributed by atoms with van der Waals surface area (Å²) in [5.74, 6) is -0.607. The molecule has 1 aromatic heterocycles. The Bertz CT molecular complexity index is 788. The summed E-state index contributed by atoms with van der Waals surface area (Å²) in [5.41, 5.74) is 0.864. The molecule has 2 aromatic rings. The Hall–Kier alpha value is -3.01. The quantitative estimate of drug-likeness (QED) is 0.719. The van der Waals surface area contributed by atoms with E-state index in [4.69, 9.17) is 4.74 Å². The number of rotatable bonds is 6. The number of hydrogen-bond acceptors (Lipinski definition) is 4. The number of halogens is 2. The van der Waals surface area contributed by atoms with Crippen LogP contribution in [0.25, 0.3) is 0 Å². The summed E-state index contributed by atoms with van der Waals surface area (Å²) in [5, 5.41) is 11.5. The molecule has 3 N–H and O–H groups in total. The van der Waals surface area contributed by atoms with Gasteiger partial charge in [0.15, 0.2) is 5.69 Å². The molecule has 0 aliphatic carbocycles. The fourth-order valence-electron chi connectivity index (χ4n) is 2.59. The molecule has 0 radical (unpaired) electrons. The van der Waals surface area contributed by atoms with E-state index in [0.29, 0.717) is 22.6 Å². The second-order valence-corrected chi connectivity index (χ2v) is 5.96. The Kier molecular flexibility index (Phi) is 5.97. The molecular formula is C17H19F2N5O3. The number of urea groups is 1. The number of nitrogens with zero attached hydrogens (tertiary/aromatic N) is 2. The topological polar surface area (TPSA) is 97.3 Å². The van der Waals surface area contributed by atoms with Gasteiger partial charge in [-0.05, 0) is 43.2 Å². The van der Waals surface area contributed by atoms with Gasteiger partial charge in [-0.2, -0.15) is 13.9 Å². The molecule has 0 spiro atoms. The lowest BCUT2D eigenvalue weighted by molar-refractivity contribution is 0.0561. The van der Waals surface area contributed by atoms with Crippen molar-refractivity contribution in [2.45, 2.75) is 25.5 Å². The summed E-state index contributed by atoms with van der Waals surface area (Å²) < 4.78 is 30.8. The van der Waals surface area contributed by atoms with E-state index in [9.17, 15) is 18.4 Å². The van der Waals surface area contributed by atoms with E-state index < -0.39 is 12.5 Å². The highest BCUT2D eigenvalue weighted by molar-refractivity contribution is 6.03.